The van der Waals surface area contributed by atoms with Gasteiger partial charge in [-0.25, -0.2) is 0 Å². The Labute approximate surface area is 169 Å². The summed E-state index contributed by atoms with van der Waals surface area (Å²) < 4.78 is 1.69. The van der Waals surface area contributed by atoms with Crippen molar-refractivity contribution in [3.8, 4) is 0 Å². The summed E-state index contributed by atoms with van der Waals surface area (Å²) in [6.45, 7) is 4.16. The molecular weight excluding hydrogens is 376 g/mol. The third kappa shape index (κ3) is 3.78. The van der Waals surface area contributed by atoms with Crippen molar-refractivity contribution in [2.24, 2.45) is 11.3 Å². The Morgan fingerprint density at radius 2 is 1.93 bits per heavy atom. The molecule has 7 heteroatoms. The minimum Gasteiger partial charge on any atom is -0.355 e. The molecule has 1 N–H and O–H groups in total. The zero-order valence-electron chi connectivity index (χ0n) is 16.0. The highest BCUT2D eigenvalue weighted by atomic mass is 35.5. The predicted octanol–water partition coefficient (Wildman–Crippen LogP) is 2.77. The molecule has 0 unspecified atom stereocenters. The number of carbonyl (C=O) groups is 2. The van der Waals surface area contributed by atoms with Gasteiger partial charge < -0.3 is 10.2 Å². The van der Waals surface area contributed by atoms with Gasteiger partial charge in [0.1, 0.15) is 5.69 Å². The minimum atomic E-state index is -0.588. The van der Waals surface area contributed by atoms with Crippen LogP contribution in [-0.2, 0) is 17.8 Å². The lowest BCUT2D eigenvalue weighted by atomic mass is 9.73. The van der Waals surface area contributed by atoms with Gasteiger partial charge in [0.25, 0.3) is 5.91 Å². The molecule has 1 saturated heterocycles. The molecule has 0 radical (unpaired) electrons. The molecule has 2 aromatic rings. The molecule has 1 aromatic carbocycles. The van der Waals surface area contributed by atoms with Gasteiger partial charge in [0.2, 0.25) is 5.91 Å². The number of rotatable bonds is 7. The lowest BCUT2D eigenvalue weighted by Crippen LogP contribution is -2.65. The van der Waals surface area contributed by atoms with Crippen molar-refractivity contribution < 1.29 is 9.59 Å². The number of carbonyl (C=O) groups excluding carboxylic acids is 2. The number of likely N-dealkylation sites (tertiary alicyclic amines) is 1. The van der Waals surface area contributed by atoms with E-state index in [0.29, 0.717) is 42.7 Å². The topological polar surface area (TPSA) is 67.2 Å². The molecule has 1 aromatic heterocycles. The molecule has 1 aliphatic carbocycles. The highest BCUT2D eigenvalue weighted by molar-refractivity contribution is 6.30. The quantitative estimate of drug-likeness (QED) is 0.777. The monoisotopic (exact) mass is 400 g/mol. The number of nitrogens with zero attached hydrogens (tertiary/aromatic N) is 3. The van der Waals surface area contributed by atoms with Crippen molar-refractivity contribution in [2.75, 3.05) is 19.6 Å². The summed E-state index contributed by atoms with van der Waals surface area (Å²) in [5.41, 5.74) is 1.03. The molecule has 2 amide bonds. The van der Waals surface area contributed by atoms with Gasteiger partial charge in [-0.2, -0.15) is 5.10 Å². The second-order valence-electron chi connectivity index (χ2n) is 7.93. The van der Waals surface area contributed by atoms with Gasteiger partial charge in [0, 0.05) is 37.4 Å². The maximum absolute atomic E-state index is 13.0. The van der Waals surface area contributed by atoms with Gasteiger partial charge in [-0.1, -0.05) is 23.7 Å². The van der Waals surface area contributed by atoms with Crippen molar-refractivity contribution in [2.45, 2.75) is 32.7 Å². The zero-order chi connectivity index (χ0) is 19.7. The summed E-state index contributed by atoms with van der Waals surface area (Å²) in [5.74, 6) is 0.594. The Hall–Kier alpha value is -2.34. The van der Waals surface area contributed by atoms with Crippen molar-refractivity contribution in [1.29, 1.82) is 0 Å². The van der Waals surface area contributed by atoms with Crippen molar-refractivity contribution in [1.82, 2.24) is 20.0 Å². The second-order valence-corrected chi connectivity index (χ2v) is 8.37. The number of hydrogen-bond donors (Lipinski definition) is 1. The molecule has 0 bridgehead atoms. The number of benzene rings is 1. The van der Waals surface area contributed by atoms with Crippen LogP contribution in [0.2, 0.25) is 5.02 Å². The lowest BCUT2D eigenvalue weighted by Gasteiger charge is -2.49. The van der Waals surface area contributed by atoms with E-state index >= 15 is 0 Å². The van der Waals surface area contributed by atoms with E-state index in [1.54, 1.807) is 21.8 Å². The fraction of sp³-hybridized carbons (Fsp3) is 0.476. The van der Waals surface area contributed by atoms with Crippen LogP contribution in [0.3, 0.4) is 0 Å². The molecule has 148 valence electrons. The van der Waals surface area contributed by atoms with Crippen molar-refractivity contribution in [3.63, 3.8) is 0 Å². The number of hydrogen-bond acceptors (Lipinski definition) is 3. The normalized spacial score (nSPS) is 17.9. The average Bonchev–Trinajstić information content (AvgIpc) is 3.37. The van der Waals surface area contributed by atoms with E-state index in [-0.39, 0.29) is 11.8 Å². The summed E-state index contributed by atoms with van der Waals surface area (Å²) in [6, 6.07) is 9.32. The molecule has 0 spiro atoms. The van der Waals surface area contributed by atoms with E-state index in [9.17, 15) is 9.59 Å². The van der Waals surface area contributed by atoms with Crippen LogP contribution >= 0.6 is 11.6 Å². The van der Waals surface area contributed by atoms with Crippen LogP contribution < -0.4 is 5.32 Å². The largest absolute Gasteiger partial charge is 0.355 e. The molecule has 2 fully saturated rings. The van der Waals surface area contributed by atoms with Crippen LogP contribution in [0.5, 0.6) is 0 Å². The third-order valence-corrected chi connectivity index (χ3v) is 5.95. The van der Waals surface area contributed by atoms with Crippen LogP contribution in [0, 0.1) is 11.3 Å². The Bertz CT molecular complexity index is 867. The van der Waals surface area contributed by atoms with Gasteiger partial charge >= 0.3 is 0 Å². The number of aromatic nitrogens is 2. The number of aryl methyl sites for hydroxylation is 1. The van der Waals surface area contributed by atoms with E-state index in [1.807, 2.05) is 31.2 Å². The van der Waals surface area contributed by atoms with Gasteiger partial charge in [0.15, 0.2) is 0 Å². The zero-order valence-corrected chi connectivity index (χ0v) is 16.8. The van der Waals surface area contributed by atoms with Gasteiger partial charge in [-0.3, -0.25) is 14.3 Å². The first-order chi connectivity index (χ1) is 13.5. The van der Waals surface area contributed by atoms with Crippen molar-refractivity contribution >= 4 is 23.4 Å². The molecule has 6 nitrogen and oxygen atoms in total. The number of nitrogens with one attached hydrogen (secondary N) is 1. The predicted molar refractivity (Wildman–Crippen MR) is 107 cm³/mol. The fourth-order valence-electron chi connectivity index (χ4n) is 3.83. The minimum absolute atomic E-state index is 0.0439. The SMILES string of the molecule is CCn1nccc1C(=O)N1CC(Cc2ccc(Cl)cc2)(C(=O)NCC2CC2)C1. The highest BCUT2D eigenvalue weighted by Crippen LogP contribution is 2.36. The molecule has 2 heterocycles. The van der Waals surface area contributed by atoms with Gasteiger partial charge in [-0.15, -0.1) is 0 Å². The first kappa shape index (κ1) is 19.0. The molecular formula is C21H25ClN4O2. The Kier molecular flexibility index (Phi) is 5.15. The van der Waals surface area contributed by atoms with Crippen LogP contribution in [0.4, 0.5) is 0 Å². The van der Waals surface area contributed by atoms with E-state index < -0.39 is 5.41 Å². The van der Waals surface area contributed by atoms with Gasteiger partial charge in [0.05, 0.1) is 5.41 Å². The summed E-state index contributed by atoms with van der Waals surface area (Å²) in [6.07, 6.45) is 4.61. The second kappa shape index (κ2) is 7.59. The molecule has 0 atom stereocenters. The van der Waals surface area contributed by atoms with E-state index in [0.717, 1.165) is 12.1 Å². The van der Waals surface area contributed by atoms with E-state index in [4.69, 9.17) is 11.6 Å². The molecule has 28 heavy (non-hydrogen) atoms. The summed E-state index contributed by atoms with van der Waals surface area (Å²) in [7, 11) is 0. The third-order valence-electron chi connectivity index (χ3n) is 5.70. The Morgan fingerprint density at radius 1 is 1.21 bits per heavy atom. The summed E-state index contributed by atoms with van der Waals surface area (Å²) in [5, 5.41) is 7.97. The van der Waals surface area contributed by atoms with Crippen LogP contribution in [0.25, 0.3) is 0 Å². The highest BCUT2D eigenvalue weighted by Gasteiger charge is 2.51. The fourth-order valence-corrected chi connectivity index (χ4v) is 3.96. The first-order valence-electron chi connectivity index (χ1n) is 9.84. The van der Waals surface area contributed by atoms with Crippen LogP contribution in [-0.4, -0.2) is 46.1 Å². The summed E-state index contributed by atoms with van der Waals surface area (Å²) >= 11 is 5.99. The van der Waals surface area contributed by atoms with E-state index in [1.165, 1.54) is 12.8 Å². The standard InChI is InChI=1S/C21H25ClN4O2/c1-2-26-18(9-10-24-26)19(27)25-13-21(14-25,20(28)23-12-16-3-4-16)11-15-5-7-17(22)8-6-15/h5-10,16H,2-4,11-14H2,1H3,(H,23,28). The lowest BCUT2D eigenvalue weighted by molar-refractivity contribution is -0.139. The first-order valence-corrected chi connectivity index (χ1v) is 10.2. The average molecular weight is 401 g/mol. The molecule has 1 aliphatic heterocycles. The number of halogens is 1. The Balaban J connectivity index is 1.49. The van der Waals surface area contributed by atoms with E-state index in [2.05, 4.69) is 10.4 Å². The van der Waals surface area contributed by atoms with Crippen LogP contribution in [0.15, 0.2) is 36.5 Å². The Morgan fingerprint density at radius 3 is 2.57 bits per heavy atom. The molecule has 4 rings (SSSR count). The van der Waals surface area contributed by atoms with Crippen LogP contribution in [0.1, 0.15) is 35.8 Å². The summed E-state index contributed by atoms with van der Waals surface area (Å²) in [4.78, 5) is 27.6. The van der Waals surface area contributed by atoms with Gasteiger partial charge in [-0.05, 0) is 55.9 Å². The molecule has 1 saturated carbocycles. The maximum Gasteiger partial charge on any atom is 0.272 e. The number of amides is 2. The smallest absolute Gasteiger partial charge is 0.272 e. The maximum atomic E-state index is 13.0. The van der Waals surface area contributed by atoms with Crippen molar-refractivity contribution in [3.05, 3.63) is 52.8 Å². The molecule has 2 aliphatic rings.